The molecule has 3 rings (SSSR count). The molecule has 5 heteroatoms. The third-order valence-electron chi connectivity index (χ3n) is 4.61. The number of ether oxygens (including phenoxy) is 4. The summed E-state index contributed by atoms with van der Waals surface area (Å²) in [5.41, 5.74) is 9.05. The molecular weight excluding hydrogens is 306 g/mol. The van der Waals surface area contributed by atoms with E-state index in [9.17, 15) is 0 Å². The maximum atomic E-state index is 6.03. The number of methoxy groups -OCH3 is 4. The number of benzene rings is 2. The molecule has 0 heterocycles. The van der Waals surface area contributed by atoms with Crippen LogP contribution in [0.25, 0.3) is 0 Å². The number of nitrogens with two attached hydrogens (primary N) is 1. The standard InChI is InChI=1S/C19H23NO4/c1-21-16-7-5-11(9-15(16)20)13-10-14(13)12-6-8-17(22-2)19(24-4)18(12)23-3/h5-9,13-14H,10,20H2,1-4H3/t13-,14+/m0/s1. The van der Waals surface area contributed by atoms with E-state index in [-0.39, 0.29) is 0 Å². The average molecular weight is 329 g/mol. The van der Waals surface area contributed by atoms with E-state index in [1.807, 2.05) is 18.2 Å². The predicted octanol–water partition coefficient (Wildman–Crippen LogP) is 3.57. The van der Waals surface area contributed by atoms with Gasteiger partial charge in [-0.25, -0.2) is 0 Å². The molecule has 2 aromatic carbocycles. The minimum atomic E-state index is 0.382. The monoisotopic (exact) mass is 329 g/mol. The van der Waals surface area contributed by atoms with Gasteiger partial charge in [0.05, 0.1) is 34.1 Å². The summed E-state index contributed by atoms with van der Waals surface area (Å²) < 4.78 is 21.7. The normalized spacial score (nSPS) is 18.8. The van der Waals surface area contributed by atoms with Crippen molar-refractivity contribution in [1.82, 2.24) is 0 Å². The molecule has 24 heavy (non-hydrogen) atoms. The molecule has 1 aliphatic rings. The fourth-order valence-electron chi connectivity index (χ4n) is 3.31. The Morgan fingerprint density at radius 3 is 2.04 bits per heavy atom. The first-order chi connectivity index (χ1) is 11.6. The number of anilines is 1. The van der Waals surface area contributed by atoms with Crippen LogP contribution in [0.3, 0.4) is 0 Å². The first-order valence-electron chi connectivity index (χ1n) is 7.86. The van der Waals surface area contributed by atoms with Crippen molar-refractivity contribution in [2.75, 3.05) is 34.2 Å². The van der Waals surface area contributed by atoms with Crippen LogP contribution in [0, 0.1) is 0 Å². The molecule has 2 atom stereocenters. The van der Waals surface area contributed by atoms with Crippen LogP contribution in [0.1, 0.15) is 29.4 Å². The van der Waals surface area contributed by atoms with Gasteiger partial charge < -0.3 is 24.7 Å². The number of nitrogen functional groups attached to an aromatic ring is 1. The average Bonchev–Trinajstić information content (AvgIpc) is 3.40. The summed E-state index contributed by atoms with van der Waals surface area (Å²) in [4.78, 5) is 0. The lowest BCUT2D eigenvalue weighted by Gasteiger charge is -2.16. The Labute approximate surface area is 142 Å². The number of hydrogen-bond acceptors (Lipinski definition) is 5. The van der Waals surface area contributed by atoms with Crippen LogP contribution in [0.15, 0.2) is 30.3 Å². The lowest BCUT2D eigenvalue weighted by molar-refractivity contribution is 0.322. The van der Waals surface area contributed by atoms with Crippen molar-refractivity contribution in [1.29, 1.82) is 0 Å². The highest BCUT2D eigenvalue weighted by atomic mass is 16.5. The summed E-state index contributed by atoms with van der Waals surface area (Å²) in [6.07, 6.45) is 1.05. The van der Waals surface area contributed by atoms with Crippen LogP contribution in [0.4, 0.5) is 5.69 Å². The molecule has 5 nitrogen and oxygen atoms in total. The second kappa shape index (κ2) is 6.51. The minimum Gasteiger partial charge on any atom is -0.495 e. The first kappa shape index (κ1) is 16.3. The van der Waals surface area contributed by atoms with Gasteiger partial charge in [-0.1, -0.05) is 12.1 Å². The minimum absolute atomic E-state index is 0.382. The van der Waals surface area contributed by atoms with Gasteiger partial charge in [0.2, 0.25) is 5.75 Å². The van der Waals surface area contributed by atoms with Crippen molar-refractivity contribution in [2.24, 2.45) is 0 Å². The molecule has 1 aliphatic carbocycles. The van der Waals surface area contributed by atoms with Crippen LogP contribution in [-0.2, 0) is 0 Å². The highest BCUT2D eigenvalue weighted by Gasteiger charge is 2.42. The third kappa shape index (κ3) is 2.70. The zero-order valence-corrected chi connectivity index (χ0v) is 14.5. The summed E-state index contributed by atoms with van der Waals surface area (Å²) >= 11 is 0. The van der Waals surface area contributed by atoms with Crippen LogP contribution in [0.5, 0.6) is 23.0 Å². The van der Waals surface area contributed by atoms with Crippen molar-refractivity contribution >= 4 is 5.69 Å². The summed E-state index contributed by atoms with van der Waals surface area (Å²) in [5, 5.41) is 0. The summed E-state index contributed by atoms with van der Waals surface area (Å²) in [7, 11) is 6.53. The molecule has 1 fully saturated rings. The Bertz CT molecular complexity index is 744. The fraction of sp³-hybridized carbons (Fsp3) is 0.368. The van der Waals surface area contributed by atoms with Gasteiger partial charge in [0.15, 0.2) is 11.5 Å². The number of hydrogen-bond donors (Lipinski definition) is 1. The molecule has 0 amide bonds. The molecule has 0 saturated heterocycles. The second-order valence-corrected chi connectivity index (χ2v) is 5.87. The van der Waals surface area contributed by atoms with Gasteiger partial charge in [0, 0.05) is 5.56 Å². The van der Waals surface area contributed by atoms with Gasteiger partial charge in [0.1, 0.15) is 5.75 Å². The predicted molar refractivity (Wildman–Crippen MR) is 93.6 cm³/mol. The summed E-state index contributed by atoms with van der Waals surface area (Å²) in [6, 6.07) is 9.97. The molecule has 0 unspecified atom stereocenters. The quantitative estimate of drug-likeness (QED) is 0.821. The van der Waals surface area contributed by atoms with Gasteiger partial charge >= 0.3 is 0 Å². The molecule has 0 radical (unpaired) electrons. The van der Waals surface area contributed by atoms with E-state index in [0.717, 1.165) is 17.7 Å². The Kier molecular flexibility index (Phi) is 4.42. The Morgan fingerprint density at radius 2 is 1.46 bits per heavy atom. The van der Waals surface area contributed by atoms with Crippen LogP contribution in [0.2, 0.25) is 0 Å². The van der Waals surface area contributed by atoms with Crippen molar-refractivity contribution in [3.05, 3.63) is 41.5 Å². The maximum Gasteiger partial charge on any atom is 0.203 e. The van der Waals surface area contributed by atoms with Gasteiger partial charge in [-0.15, -0.1) is 0 Å². The van der Waals surface area contributed by atoms with E-state index in [2.05, 4.69) is 12.1 Å². The van der Waals surface area contributed by atoms with Crippen LogP contribution >= 0.6 is 0 Å². The molecule has 2 N–H and O–H groups in total. The van der Waals surface area contributed by atoms with E-state index < -0.39 is 0 Å². The second-order valence-electron chi connectivity index (χ2n) is 5.87. The SMILES string of the molecule is COc1ccc([C@@H]2C[C@@H]2c2ccc(OC)c(OC)c2OC)cc1N. The van der Waals surface area contributed by atoms with Gasteiger partial charge in [-0.2, -0.15) is 0 Å². The maximum absolute atomic E-state index is 6.03. The van der Waals surface area contributed by atoms with E-state index in [4.69, 9.17) is 24.7 Å². The lowest BCUT2D eigenvalue weighted by atomic mass is 10.0. The molecular formula is C19H23NO4. The fourth-order valence-corrected chi connectivity index (χ4v) is 3.31. The molecule has 0 aliphatic heterocycles. The van der Waals surface area contributed by atoms with E-state index in [1.54, 1.807) is 28.4 Å². The molecule has 1 saturated carbocycles. The van der Waals surface area contributed by atoms with Crippen LogP contribution in [-0.4, -0.2) is 28.4 Å². The highest BCUT2D eigenvalue weighted by molar-refractivity contribution is 5.60. The molecule has 0 spiro atoms. The topological polar surface area (TPSA) is 62.9 Å². The molecule has 0 bridgehead atoms. The Balaban J connectivity index is 1.91. The zero-order chi connectivity index (χ0) is 17.3. The van der Waals surface area contributed by atoms with Crippen LogP contribution < -0.4 is 24.7 Å². The third-order valence-corrected chi connectivity index (χ3v) is 4.61. The highest BCUT2D eigenvalue weighted by Crippen LogP contribution is 2.59. The zero-order valence-electron chi connectivity index (χ0n) is 14.5. The first-order valence-corrected chi connectivity index (χ1v) is 7.86. The largest absolute Gasteiger partial charge is 0.495 e. The number of rotatable bonds is 6. The van der Waals surface area contributed by atoms with Gasteiger partial charge in [-0.3, -0.25) is 0 Å². The van der Waals surface area contributed by atoms with Crippen molar-refractivity contribution in [2.45, 2.75) is 18.3 Å². The van der Waals surface area contributed by atoms with Crippen molar-refractivity contribution in [3.8, 4) is 23.0 Å². The molecule has 128 valence electrons. The Hall–Kier alpha value is -2.56. The van der Waals surface area contributed by atoms with E-state index >= 15 is 0 Å². The molecule has 2 aromatic rings. The lowest BCUT2D eigenvalue weighted by Crippen LogP contribution is -1.99. The van der Waals surface area contributed by atoms with Crippen molar-refractivity contribution < 1.29 is 18.9 Å². The Morgan fingerprint density at radius 1 is 0.792 bits per heavy atom. The summed E-state index contributed by atoms with van der Waals surface area (Å²) in [6.45, 7) is 0. The van der Waals surface area contributed by atoms with Gasteiger partial charge in [-0.05, 0) is 42.0 Å². The summed E-state index contributed by atoms with van der Waals surface area (Å²) in [5.74, 6) is 3.56. The smallest absolute Gasteiger partial charge is 0.203 e. The van der Waals surface area contributed by atoms with E-state index in [0.29, 0.717) is 34.8 Å². The van der Waals surface area contributed by atoms with E-state index in [1.165, 1.54) is 5.56 Å². The van der Waals surface area contributed by atoms with Crippen molar-refractivity contribution in [3.63, 3.8) is 0 Å². The van der Waals surface area contributed by atoms with Gasteiger partial charge in [0.25, 0.3) is 0 Å². The molecule has 0 aromatic heterocycles.